The van der Waals surface area contributed by atoms with Crippen LogP contribution >= 0.6 is 0 Å². The quantitative estimate of drug-likeness (QED) is 0.889. The van der Waals surface area contributed by atoms with Crippen molar-refractivity contribution in [2.75, 3.05) is 13.2 Å². The maximum atomic E-state index is 5.66. The molecule has 2 aromatic rings. The highest BCUT2D eigenvalue weighted by Gasteiger charge is 2.12. The van der Waals surface area contributed by atoms with E-state index < -0.39 is 0 Å². The van der Waals surface area contributed by atoms with Gasteiger partial charge in [-0.25, -0.2) is 0 Å². The van der Waals surface area contributed by atoms with E-state index >= 15 is 0 Å². The zero-order chi connectivity index (χ0) is 13.9. The Kier molecular flexibility index (Phi) is 4.15. The molecule has 0 bridgehead atoms. The zero-order valence-corrected chi connectivity index (χ0v) is 12.2. The van der Waals surface area contributed by atoms with E-state index in [9.17, 15) is 0 Å². The third-order valence-electron chi connectivity index (χ3n) is 2.99. The van der Waals surface area contributed by atoms with E-state index in [0.29, 0.717) is 6.61 Å². The molecule has 1 heterocycles. The molecular formula is C16H23NO2. The Morgan fingerprint density at radius 2 is 2.05 bits per heavy atom. The number of rotatable bonds is 5. The molecule has 0 aliphatic heterocycles. The van der Waals surface area contributed by atoms with E-state index in [0.717, 1.165) is 29.7 Å². The minimum Gasteiger partial charge on any atom is -0.490 e. The van der Waals surface area contributed by atoms with Gasteiger partial charge in [0, 0.05) is 10.9 Å². The summed E-state index contributed by atoms with van der Waals surface area (Å²) in [5, 5.41) is 4.65. The van der Waals surface area contributed by atoms with Gasteiger partial charge in [0.15, 0.2) is 11.3 Å². The molecule has 0 spiro atoms. The summed E-state index contributed by atoms with van der Waals surface area (Å²) in [6.07, 6.45) is 2.80. The van der Waals surface area contributed by atoms with Crippen molar-refractivity contribution in [2.45, 2.75) is 39.7 Å². The molecule has 0 fully saturated rings. The van der Waals surface area contributed by atoms with Crippen LogP contribution in [0.15, 0.2) is 28.9 Å². The number of para-hydroxylation sites is 1. The van der Waals surface area contributed by atoms with Crippen molar-refractivity contribution in [1.29, 1.82) is 0 Å². The number of benzene rings is 1. The molecule has 0 unspecified atom stereocenters. The van der Waals surface area contributed by atoms with Gasteiger partial charge in [-0.05, 0) is 52.3 Å². The lowest BCUT2D eigenvalue weighted by molar-refractivity contribution is 0.338. The van der Waals surface area contributed by atoms with Gasteiger partial charge in [-0.3, -0.25) is 0 Å². The summed E-state index contributed by atoms with van der Waals surface area (Å²) in [6, 6.07) is 6.06. The van der Waals surface area contributed by atoms with Crippen molar-refractivity contribution >= 4 is 11.0 Å². The Bertz CT molecular complexity index is 537. The first kappa shape index (κ1) is 13.9. The fraction of sp³-hybridized carbons (Fsp3) is 0.500. The molecule has 0 saturated carbocycles. The fourth-order valence-electron chi connectivity index (χ4n) is 2.12. The standard InChI is InChI=1S/C16H23NO2/c1-5-18-14-8-6-7-13-12(11-19-15(13)14)9-10-17-16(2,3)4/h6-8,11,17H,5,9-10H2,1-4H3. The summed E-state index contributed by atoms with van der Waals surface area (Å²) in [5.41, 5.74) is 2.24. The second-order valence-corrected chi connectivity index (χ2v) is 5.75. The number of hydrogen-bond acceptors (Lipinski definition) is 3. The lowest BCUT2D eigenvalue weighted by Gasteiger charge is -2.20. The average molecular weight is 261 g/mol. The summed E-state index contributed by atoms with van der Waals surface area (Å²) in [4.78, 5) is 0. The molecule has 3 heteroatoms. The van der Waals surface area contributed by atoms with E-state index in [-0.39, 0.29) is 5.54 Å². The van der Waals surface area contributed by atoms with Crippen LogP contribution in [-0.2, 0) is 6.42 Å². The SMILES string of the molecule is CCOc1cccc2c(CCNC(C)(C)C)coc12. The van der Waals surface area contributed by atoms with Gasteiger partial charge in [0.2, 0.25) is 0 Å². The predicted molar refractivity (Wildman–Crippen MR) is 78.8 cm³/mol. The van der Waals surface area contributed by atoms with Gasteiger partial charge in [0.25, 0.3) is 0 Å². The second-order valence-electron chi connectivity index (χ2n) is 5.75. The van der Waals surface area contributed by atoms with E-state index in [2.05, 4.69) is 32.2 Å². The van der Waals surface area contributed by atoms with Crippen LogP contribution in [-0.4, -0.2) is 18.7 Å². The normalized spacial score (nSPS) is 12.0. The number of furan rings is 1. The summed E-state index contributed by atoms with van der Waals surface area (Å²) >= 11 is 0. The first-order chi connectivity index (χ1) is 9.01. The first-order valence-electron chi connectivity index (χ1n) is 6.88. The maximum Gasteiger partial charge on any atom is 0.175 e. The molecule has 1 aromatic heterocycles. The van der Waals surface area contributed by atoms with Crippen molar-refractivity contribution < 1.29 is 9.15 Å². The van der Waals surface area contributed by atoms with Crippen LogP contribution < -0.4 is 10.1 Å². The summed E-state index contributed by atoms with van der Waals surface area (Å²) in [6.45, 7) is 10.1. The molecule has 2 rings (SSSR count). The summed E-state index contributed by atoms with van der Waals surface area (Å²) < 4.78 is 11.2. The smallest absolute Gasteiger partial charge is 0.175 e. The van der Waals surface area contributed by atoms with Crippen molar-refractivity contribution in [1.82, 2.24) is 5.32 Å². The van der Waals surface area contributed by atoms with E-state index in [1.54, 1.807) is 0 Å². The van der Waals surface area contributed by atoms with Crippen molar-refractivity contribution in [3.05, 3.63) is 30.0 Å². The van der Waals surface area contributed by atoms with Gasteiger partial charge in [0.05, 0.1) is 12.9 Å². The summed E-state index contributed by atoms with van der Waals surface area (Å²) in [5.74, 6) is 0.829. The lowest BCUT2D eigenvalue weighted by Crippen LogP contribution is -2.37. The zero-order valence-electron chi connectivity index (χ0n) is 12.2. The average Bonchev–Trinajstić information content (AvgIpc) is 2.73. The molecule has 104 valence electrons. The van der Waals surface area contributed by atoms with E-state index in [1.165, 1.54) is 5.56 Å². The molecular weight excluding hydrogens is 238 g/mol. The predicted octanol–water partition coefficient (Wildman–Crippen LogP) is 3.76. The van der Waals surface area contributed by atoms with Gasteiger partial charge in [-0.15, -0.1) is 0 Å². The Morgan fingerprint density at radius 3 is 2.74 bits per heavy atom. The fourth-order valence-corrected chi connectivity index (χ4v) is 2.12. The molecule has 0 radical (unpaired) electrons. The number of hydrogen-bond donors (Lipinski definition) is 1. The molecule has 3 nitrogen and oxygen atoms in total. The van der Waals surface area contributed by atoms with Gasteiger partial charge in [-0.2, -0.15) is 0 Å². The van der Waals surface area contributed by atoms with Crippen molar-refractivity contribution in [3.8, 4) is 5.75 Å². The monoisotopic (exact) mass is 261 g/mol. The molecule has 1 N–H and O–H groups in total. The molecule has 0 saturated heterocycles. The largest absolute Gasteiger partial charge is 0.490 e. The van der Waals surface area contributed by atoms with Crippen LogP contribution in [0.25, 0.3) is 11.0 Å². The Labute approximate surface area is 114 Å². The van der Waals surface area contributed by atoms with Gasteiger partial charge in [-0.1, -0.05) is 12.1 Å². The molecule has 0 aliphatic carbocycles. The van der Waals surface area contributed by atoms with Crippen LogP contribution in [0.1, 0.15) is 33.3 Å². The van der Waals surface area contributed by atoms with E-state index in [4.69, 9.17) is 9.15 Å². The van der Waals surface area contributed by atoms with Crippen LogP contribution in [0, 0.1) is 0 Å². The van der Waals surface area contributed by atoms with Crippen LogP contribution in [0.5, 0.6) is 5.75 Å². The van der Waals surface area contributed by atoms with E-state index in [1.807, 2.05) is 25.3 Å². The molecule has 0 atom stereocenters. The third kappa shape index (κ3) is 3.51. The van der Waals surface area contributed by atoms with Gasteiger partial charge >= 0.3 is 0 Å². The first-order valence-corrected chi connectivity index (χ1v) is 6.88. The van der Waals surface area contributed by atoms with Gasteiger partial charge < -0.3 is 14.5 Å². The highest BCUT2D eigenvalue weighted by atomic mass is 16.5. The Balaban J connectivity index is 2.14. The molecule has 19 heavy (non-hydrogen) atoms. The minimum absolute atomic E-state index is 0.149. The van der Waals surface area contributed by atoms with Crippen molar-refractivity contribution in [2.24, 2.45) is 0 Å². The topological polar surface area (TPSA) is 34.4 Å². The highest BCUT2D eigenvalue weighted by molar-refractivity contribution is 5.86. The van der Waals surface area contributed by atoms with Crippen LogP contribution in [0.2, 0.25) is 0 Å². The van der Waals surface area contributed by atoms with Gasteiger partial charge in [0.1, 0.15) is 0 Å². The van der Waals surface area contributed by atoms with Crippen LogP contribution in [0.4, 0.5) is 0 Å². The number of fused-ring (bicyclic) bond motifs is 1. The molecule has 0 aliphatic rings. The molecule has 0 amide bonds. The Hall–Kier alpha value is -1.48. The Morgan fingerprint density at radius 1 is 1.26 bits per heavy atom. The van der Waals surface area contributed by atoms with Crippen LogP contribution in [0.3, 0.4) is 0 Å². The number of ether oxygens (including phenoxy) is 1. The lowest BCUT2D eigenvalue weighted by atomic mass is 10.1. The maximum absolute atomic E-state index is 5.66. The number of nitrogens with one attached hydrogen (secondary N) is 1. The minimum atomic E-state index is 0.149. The summed E-state index contributed by atoms with van der Waals surface area (Å²) in [7, 11) is 0. The third-order valence-corrected chi connectivity index (χ3v) is 2.99. The second kappa shape index (κ2) is 5.66. The highest BCUT2D eigenvalue weighted by Crippen LogP contribution is 2.29. The molecule has 1 aromatic carbocycles. The van der Waals surface area contributed by atoms with Crippen molar-refractivity contribution in [3.63, 3.8) is 0 Å².